The molecule has 2 atom stereocenters. The fourth-order valence-electron chi connectivity index (χ4n) is 1.96. The highest BCUT2D eigenvalue weighted by atomic mass is 16.5. The van der Waals surface area contributed by atoms with Crippen LogP contribution in [0.2, 0.25) is 0 Å². The lowest BCUT2D eigenvalue weighted by atomic mass is 10.1. The summed E-state index contributed by atoms with van der Waals surface area (Å²) in [5.74, 6) is 0. The summed E-state index contributed by atoms with van der Waals surface area (Å²) in [4.78, 5) is 4.44. The van der Waals surface area contributed by atoms with Crippen LogP contribution in [0.15, 0.2) is 12.1 Å². The number of pyridine rings is 1. The van der Waals surface area contributed by atoms with Crippen molar-refractivity contribution in [3.63, 3.8) is 0 Å². The number of nitrogens with one attached hydrogen (secondary N) is 1. The van der Waals surface area contributed by atoms with Gasteiger partial charge in [-0.25, -0.2) is 0 Å². The number of hydrogen-bond donors (Lipinski definition) is 1. The van der Waals surface area contributed by atoms with Crippen LogP contribution in [0.25, 0.3) is 0 Å². The lowest BCUT2D eigenvalue weighted by Gasteiger charge is -2.18. The van der Waals surface area contributed by atoms with Crippen LogP contribution >= 0.6 is 0 Å². The summed E-state index contributed by atoms with van der Waals surface area (Å²) in [6.45, 7) is 7.02. The van der Waals surface area contributed by atoms with Crippen molar-refractivity contribution in [1.82, 2.24) is 4.98 Å². The van der Waals surface area contributed by atoms with E-state index >= 15 is 0 Å². The van der Waals surface area contributed by atoms with Crippen LogP contribution in [0.1, 0.15) is 24.7 Å². The van der Waals surface area contributed by atoms with Gasteiger partial charge in [-0.3, -0.25) is 4.98 Å². The summed E-state index contributed by atoms with van der Waals surface area (Å²) in [6.07, 6.45) is 1.37. The Balaban J connectivity index is 2.10. The third kappa shape index (κ3) is 2.29. The van der Waals surface area contributed by atoms with Gasteiger partial charge in [0.2, 0.25) is 0 Å². The van der Waals surface area contributed by atoms with E-state index in [0.29, 0.717) is 12.1 Å². The van der Waals surface area contributed by atoms with Crippen LogP contribution in [-0.2, 0) is 4.74 Å². The molecule has 1 aliphatic heterocycles. The van der Waals surface area contributed by atoms with E-state index in [1.54, 1.807) is 0 Å². The average Bonchev–Trinajstić information content (AvgIpc) is 2.57. The molecular weight excluding hydrogens is 188 g/mol. The maximum atomic E-state index is 5.52. The molecule has 1 saturated heterocycles. The molecule has 0 aliphatic carbocycles. The summed E-state index contributed by atoms with van der Waals surface area (Å²) in [5, 5.41) is 3.50. The van der Waals surface area contributed by atoms with Gasteiger partial charge in [0.1, 0.15) is 0 Å². The van der Waals surface area contributed by atoms with Gasteiger partial charge in [-0.1, -0.05) is 0 Å². The smallest absolute Gasteiger partial charge is 0.0748 e. The molecule has 0 aromatic carbocycles. The molecule has 1 aromatic heterocycles. The van der Waals surface area contributed by atoms with Crippen LogP contribution in [0, 0.1) is 13.8 Å². The summed E-state index contributed by atoms with van der Waals surface area (Å²) >= 11 is 0. The van der Waals surface area contributed by atoms with Gasteiger partial charge in [0.25, 0.3) is 0 Å². The SMILES string of the molecule is Cc1ccc(NC2CCOC2C)c(C)n1. The Labute approximate surface area is 90.9 Å². The molecule has 0 saturated carbocycles. The fraction of sp³-hybridized carbons (Fsp3) is 0.583. The normalized spacial score (nSPS) is 25.5. The minimum absolute atomic E-state index is 0.297. The number of anilines is 1. The molecule has 15 heavy (non-hydrogen) atoms. The highest BCUT2D eigenvalue weighted by Gasteiger charge is 2.24. The molecular formula is C12H18N2O. The molecule has 2 heterocycles. The highest BCUT2D eigenvalue weighted by Crippen LogP contribution is 2.20. The van der Waals surface area contributed by atoms with Crippen LogP contribution in [-0.4, -0.2) is 23.7 Å². The second kappa shape index (κ2) is 4.19. The molecule has 2 rings (SSSR count). The Morgan fingerprint density at radius 2 is 2.20 bits per heavy atom. The van der Waals surface area contributed by atoms with Gasteiger partial charge in [0, 0.05) is 12.3 Å². The second-order valence-corrected chi connectivity index (χ2v) is 4.20. The third-order valence-electron chi connectivity index (χ3n) is 2.94. The molecule has 3 heteroatoms. The lowest BCUT2D eigenvalue weighted by Crippen LogP contribution is -2.27. The molecule has 0 bridgehead atoms. The number of ether oxygens (including phenoxy) is 1. The number of rotatable bonds is 2. The van der Waals surface area contributed by atoms with Crippen LogP contribution in [0.3, 0.4) is 0 Å². The number of aromatic nitrogens is 1. The van der Waals surface area contributed by atoms with Crippen molar-refractivity contribution in [2.45, 2.75) is 39.3 Å². The molecule has 2 unspecified atom stereocenters. The summed E-state index contributed by atoms with van der Waals surface area (Å²) in [5.41, 5.74) is 3.26. The maximum Gasteiger partial charge on any atom is 0.0748 e. The molecule has 0 amide bonds. The fourth-order valence-corrected chi connectivity index (χ4v) is 1.96. The Bertz CT molecular complexity index is 351. The molecule has 1 N–H and O–H groups in total. The van der Waals surface area contributed by atoms with Crippen molar-refractivity contribution in [3.8, 4) is 0 Å². The van der Waals surface area contributed by atoms with Crippen molar-refractivity contribution in [1.29, 1.82) is 0 Å². The minimum Gasteiger partial charge on any atom is -0.378 e. The topological polar surface area (TPSA) is 34.1 Å². The third-order valence-corrected chi connectivity index (χ3v) is 2.94. The predicted molar refractivity (Wildman–Crippen MR) is 61.2 cm³/mol. The van der Waals surface area contributed by atoms with E-state index in [0.717, 1.165) is 30.1 Å². The molecule has 3 nitrogen and oxygen atoms in total. The van der Waals surface area contributed by atoms with Crippen molar-refractivity contribution in [3.05, 3.63) is 23.5 Å². The van der Waals surface area contributed by atoms with E-state index in [4.69, 9.17) is 4.74 Å². The Morgan fingerprint density at radius 3 is 2.80 bits per heavy atom. The minimum atomic E-state index is 0.297. The first-order chi connectivity index (χ1) is 7.16. The van der Waals surface area contributed by atoms with Crippen molar-refractivity contribution >= 4 is 5.69 Å². The van der Waals surface area contributed by atoms with E-state index in [1.165, 1.54) is 0 Å². The van der Waals surface area contributed by atoms with Gasteiger partial charge in [0.15, 0.2) is 0 Å². The molecule has 1 fully saturated rings. The Morgan fingerprint density at radius 1 is 1.40 bits per heavy atom. The van der Waals surface area contributed by atoms with Crippen molar-refractivity contribution in [2.75, 3.05) is 11.9 Å². The monoisotopic (exact) mass is 206 g/mol. The molecule has 1 aliphatic rings. The summed E-state index contributed by atoms with van der Waals surface area (Å²) in [6, 6.07) is 4.56. The standard InChI is InChI=1S/C12H18N2O/c1-8-4-5-11(9(2)13-8)14-12-6-7-15-10(12)3/h4-5,10,12,14H,6-7H2,1-3H3. The Hall–Kier alpha value is -1.09. The Kier molecular flexibility index (Phi) is 2.91. The second-order valence-electron chi connectivity index (χ2n) is 4.20. The first-order valence-corrected chi connectivity index (χ1v) is 5.49. The molecule has 0 radical (unpaired) electrons. The molecule has 0 spiro atoms. The first-order valence-electron chi connectivity index (χ1n) is 5.49. The molecule has 82 valence electrons. The summed E-state index contributed by atoms with van der Waals surface area (Å²) in [7, 11) is 0. The molecule has 1 aromatic rings. The van der Waals surface area contributed by atoms with E-state index < -0.39 is 0 Å². The van der Waals surface area contributed by atoms with E-state index in [1.807, 2.05) is 19.9 Å². The van der Waals surface area contributed by atoms with Crippen LogP contribution in [0.5, 0.6) is 0 Å². The van der Waals surface area contributed by atoms with Gasteiger partial charge < -0.3 is 10.1 Å². The summed E-state index contributed by atoms with van der Waals surface area (Å²) < 4.78 is 5.52. The van der Waals surface area contributed by atoms with Crippen molar-refractivity contribution in [2.24, 2.45) is 0 Å². The van der Waals surface area contributed by atoms with E-state index in [-0.39, 0.29) is 0 Å². The van der Waals surface area contributed by atoms with E-state index in [2.05, 4.69) is 23.3 Å². The zero-order chi connectivity index (χ0) is 10.8. The quantitative estimate of drug-likeness (QED) is 0.806. The van der Waals surface area contributed by atoms with Gasteiger partial charge in [0.05, 0.1) is 23.5 Å². The van der Waals surface area contributed by atoms with Gasteiger partial charge in [-0.15, -0.1) is 0 Å². The van der Waals surface area contributed by atoms with Crippen LogP contribution in [0.4, 0.5) is 5.69 Å². The van der Waals surface area contributed by atoms with Gasteiger partial charge in [-0.05, 0) is 39.3 Å². The number of nitrogens with zero attached hydrogens (tertiary/aromatic N) is 1. The lowest BCUT2D eigenvalue weighted by molar-refractivity contribution is 0.121. The van der Waals surface area contributed by atoms with Crippen LogP contribution < -0.4 is 5.32 Å². The highest BCUT2D eigenvalue weighted by molar-refractivity contribution is 5.48. The largest absolute Gasteiger partial charge is 0.378 e. The van der Waals surface area contributed by atoms with Crippen molar-refractivity contribution < 1.29 is 4.74 Å². The zero-order valence-electron chi connectivity index (χ0n) is 9.58. The average molecular weight is 206 g/mol. The first kappa shape index (κ1) is 10.4. The maximum absolute atomic E-state index is 5.52. The van der Waals surface area contributed by atoms with E-state index in [9.17, 15) is 0 Å². The number of aryl methyl sites for hydroxylation is 2. The zero-order valence-corrected chi connectivity index (χ0v) is 9.58. The predicted octanol–water partition coefficient (Wildman–Crippen LogP) is 2.29. The number of hydrogen-bond acceptors (Lipinski definition) is 3. The van der Waals surface area contributed by atoms with Gasteiger partial charge in [-0.2, -0.15) is 0 Å². The van der Waals surface area contributed by atoms with Gasteiger partial charge >= 0.3 is 0 Å².